The van der Waals surface area contributed by atoms with Crippen LogP contribution in [0.3, 0.4) is 0 Å². The maximum atomic E-state index is 10.5. The number of methoxy groups -OCH3 is 1. The molecule has 0 N–H and O–H groups in total. The minimum atomic E-state index is 0.438. The van der Waals surface area contributed by atoms with E-state index in [9.17, 15) is 4.79 Å². The first-order chi connectivity index (χ1) is 6.85. The zero-order valence-corrected chi connectivity index (χ0v) is 8.32. The van der Waals surface area contributed by atoms with Crippen LogP contribution in [0.1, 0.15) is 29.9 Å². The number of aryl methyl sites for hydroxylation is 1. The van der Waals surface area contributed by atoms with Gasteiger partial charge in [0.15, 0.2) is 0 Å². The van der Waals surface area contributed by atoms with Crippen LogP contribution in [-0.2, 0) is 11.2 Å². The molecule has 0 fully saturated rings. The monoisotopic (exact) mass is 190 g/mol. The number of ether oxygens (including phenoxy) is 1. The van der Waals surface area contributed by atoms with Gasteiger partial charge in [-0.3, -0.25) is 0 Å². The van der Waals surface area contributed by atoms with Crippen LogP contribution in [0.15, 0.2) is 18.2 Å². The number of fused-ring (bicyclic) bond motifs is 1. The lowest BCUT2D eigenvalue weighted by Gasteiger charge is -2.08. The molecule has 1 aliphatic carbocycles. The van der Waals surface area contributed by atoms with Crippen LogP contribution in [0.25, 0.3) is 0 Å². The summed E-state index contributed by atoms with van der Waals surface area (Å²) in [4.78, 5) is 10.5. The van der Waals surface area contributed by atoms with Crippen LogP contribution in [0.5, 0.6) is 5.75 Å². The first-order valence-corrected chi connectivity index (χ1v) is 4.95. The Balaban J connectivity index is 2.28. The van der Waals surface area contributed by atoms with Gasteiger partial charge in [0.25, 0.3) is 0 Å². The highest BCUT2D eigenvalue weighted by Crippen LogP contribution is 2.36. The quantitative estimate of drug-likeness (QED) is 0.684. The zero-order chi connectivity index (χ0) is 9.97. The summed E-state index contributed by atoms with van der Waals surface area (Å²) in [5, 5.41) is 0. The predicted molar refractivity (Wildman–Crippen MR) is 54.7 cm³/mol. The average molecular weight is 190 g/mol. The van der Waals surface area contributed by atoms with E-state index >= 15 is 0 Å². The molecular weight excluding hydrogens is 176 g/mol. The molecule has 0 saturated carbocycles. The molecule has 2 heteroatoms. The summed E-state index contributed by atoms with van der Waals surface area (Å²) in [6, 6.07) is 6.15. The number of carbonyl (C=O) groups excluding carboxylic acids is 1. The molecule has 0 heterocycles. The summed E-state index contributed by atoms with van der Waals surface area (Å²) in [6.45, 7) is 0. The van der Waals surface area contributed by atoms with Gasteiger partial charge >= 0.3 is 0 Å². The van der Waals surface area contributed by atoms with Crippen molar-refractivity contribution in [1.29, 1.82) is 0 Å². The molecule has 0 aromatic heterocycles. The van der Waals surface area contributed by atoms with E-state index in [2.05, 4.69) is 12.1 Å². The predicted octanol–water partition coefficient (Wildman–Crippen LogP) is 2.31. The Morgan fingerprint density at radius 3 is 3.14 bits per heavy atom. The van der Waals surface area contributed by atoms with Crippen molar-refractivity contribution in [3.05, 3.63) is 29.3 Å². The van der Waals surface area contributed by atoms with E-state index in [0.717, 1.165) is 24.9 Å². The smallest absolute Gasteiger partial charge is 0.120 e. The van der Waals surface area contributed by atoms with Crippen molar-refractivity contribution >= 4 is 6.29 Å². The first-order valence-electron chi connectivity index (χ1n) is 4.95. The number of hydrogen-bond acceptors (Lipinski definition) is 2. The van der Waals surface area contributed by atoms with Crippen molar-refractivity contribution in [2.24, 2.45) is 0 Å². The minimum Gasteiger partial charge on any atom is -0.497 e. The standard InChI is InChI=1S/C12H14O2/c1-14-11-4-5-12-9(6-7-13)2-3-10(12)8-11/h4-5,7-9H,2-3,6H2,1H3. The molecule has 1 aromatic rings. The fraction of sp³-hybridized carbons (Fsp3) is 0.417. The Morgan fingerprint density at radius 2 is 2.43 bits per heavy atom. The summed E-state index contributed by atoms with van der Waals surface area (Å²) < 4.78 is 5.17. The lowest BCUT2D eigenvalue weighted by molar-refractivity contribution is -0.108. The molecule has 1 aliphatic rings. The number of benzene rings is 1. The van der Waals surface area contributed by atoms with Gasteiger partial charge < -0.3 is 9.53 Å². The highest BCUT2D eigenvalue weighted by molar-refractivity contribution is 5.53. The maximum absolute atomic E-state index is 10.5. The third kappa shape index (κ3) is 1.52. The maximum Gasteiger partial charge on any atom is 0.120 e. The van der Waals surface area contributed by atoms with Crippen molar-refractivity contribution in [2.45, 2.75) is 25.2 Å². The number of carbonyl (C=O) groups is 1. The highest BCUT2D eigenvalue weighted by Gasteiger charge is 2.21. The number of aldehydes is 1. The third-order valence-electron chi connectivity index (χ3n) is 2.93. The first kappa shape index (κ1) is 9.25. The normalized spacial score (nSPS) is 19.1. The molecule has 0 bridgehead atoms. The summed E-state index contributed by atoms with van der Waals surface area (Å²) >= 11 is 0. The molecule has 1 unspecified atom stereocenters. The van der Waals surface area contributed by atoms with Crippen molar-refractivity contribution in [3.63, 3.8) is 0 Å². The highest BCUT2D eigenvalue weighted by atomic mass is 16.5. The van der Waals surface area contributed by atoms with Gasteiger partial charge in [0, 0.05) is 6.42 Å². The van der Waals surface area contributed by atoms with Crippen LogP contribution in [0.2, 0.25) is 0 Å². The van der Waals surface area contributed by atoms with Crippen molar-refractivity contribution < 1.29 is 9.53 Å². The Kier molecular flexibility index (Phi) is 2.53. The van der Waals surface area contributed by atoms with E-state index in [-0.39, 0.29) is 0 Å². The summed E-state index contributed by atoms with van der Waals surface area (Å²) in [7, 11) is 1.68. The van der Waals surface area contributed by atoms with E-state index in [0.29, 0.717) is 12.3 Å². The molecule has 2 rings (SSSR count). The summed E-state index contributed by atoms with van der Waals surface area (Å²) in [5.41, 5.74) is 2.68. The van der Waals surface area contributed by atoms with E-state index in [1.54, 1.807) is 7.11 Å². The van der Waals surface area contributed by atoms with Crippen LogP contribution in [-0.4, -0.2) is 13.4 Å². The second kappa shape index (κ2) is 3.82. The number of rotatable bonds is 3. The van der Waals surface area contributed by atoms with E-state index in [1.165, 1.54) is 11.1 Å². The molecule has 1 aromatic carbocycles. The largest absolute Gasteiger partial charge is 0.497 e. The van der Waals surface area contributed by atoms with Gasteiger partial charge in [-0.2, -0.15) is 0 Å². The average Bonchev–Trinajstić information content (AvgIpc) is 2.61. The summed E-state index contributed by atoms with van der Waals surface area (Å²) in [6.07, 6.45) is 3.84. The van der Waals surface area contributed by atoms with Crippen molar-refractivity contribution in [2.75, 3.05) is 7.11 Å². The molecular formula is C12H14O2. The van der Waals surface area contributed by atoms with Gasteiger partial charge in [0.2, 0.25) is 0 Å². The number of hydrogen-bond donors (Lipinski definition) is 0. The fourth-order valence-corrected chi connectivity index (χ4v) is 2.17. The Bertz CT molecular complexity index is 344. The Morgan fingerprint density at radius 1 is 1.57 bits per heavy atom. The molecule has 0 amide bonds. The van der Waals surface area contributed by atoms with Gasteiger partial charge in [-0.25, -0.2) is 0 Å². The van der Waals surface area contributed by atoms with Crippen LogP contribution in [0.4, 0.5) is 0 Å². The van der Waals surface area contributed by atoms with E-state index in [4.69, 9.17) is 4.74 Å². The van der Waals surface area contributed by atoms with Gasteiger partial charge in [-0.05, 0) is 42.0 Å². The minimum absolute atomic E-state index is 0.438. The molecule has 0 radical (unpaired) electrons. The van der Waals surface area contributed by atoms with Crippen molar-refractivity contribution in [3.8, 4) is 5.75 Å². The van der Waals surface area contributed by atoms with Crippen LogP contribution >= 0.6 is 0 Å². The van der Waals surface area contributed by atoms with E-state index in [1.807, 2.05) is 6.07 Å². The topological polar surface area (TPSA) is 26.3 Å². The molecule has 0 aliphatic heterocycles. The second-order valence-electron chi connectivity index (χ2n) is 3.70. The fourth-order valence-electron chi connectivity index (χ4n) is 2.17. The van der Waals surface area contributed by atoms with Crippen molar-refractivity contribution in [1.82, 2.24) is 0 Å². The molecule has 0 saturated heterocycles. The van der Waals surface area contributed by atoms with E-state index < -0.39 is 0 Å². The molecule has 14 heavy (non-hydrogen) atoms. The van der Waals surface area contributed by atoms with Gasteiger partial charge in [-0.1, -0.05) is 6.07 Å². The lowest BCUT2D eigenvalue weighted by atomic mass is 9.99. The van der Waals surface area contributed by atoms with Gasteiger partial charge in [0.1, 0.15) is 12.0 Å². The lowest BCUT2D eigenvalue weighted by Crippen LogP contribution is -1.94. The molecule has 74 valence electrons. The Labute approximate surface area is 83.9 Å². The molecule has 1 atom stereocenters. The van der Waals surface area contributed by atoms with Gasteiger partial charge in [-0.15, -0.1) is 0 Å². The SMILES string of the molecule is COc1ccc2c(c1)CCC2CC=O. The van der Waals surface area contributed by atoms with Crippen LogP contribution < -0.4 is 4.74 Å². The molecule has 0 spiro atoms. The summed E-state index contributed by atoms with van der Waals surface area (Å²) in [5.74, 6) is 1.35. The molecule has 2 nitrogen and oxygen atoms in total. The third-order valence-corrected chi connectivity index (χ3v) is 2.93. The van der Waals surface area contributed by atoms with Crippen LogP contribution in [0, 0.1) is 0 Å². The zero-order valence-electron chi connectivity index (χ0n) is 8.32. The van der Waals surface area contributed by atoms with Gasteiger partial charge in [0.05, 0.1) is 7.11 Å². The second-order valence-corrected chi connectivity index (χ2v) is 3.70. The Hall–Kier alpha value is -1.31.